The standard InChI is InChI=1S/C17H28N2O2/c1-18(9-12-2-3-12)10-14-11-19(6-7-21-14)17(20)16-8-15(16)13-4-5-13/h12-16H,2-11H2,1H3/t14-,15-,16-/m1/s1. The zero-order valence-corrected chi connectivity index (χ0v) is 13.2. The van der Waals surface area contributed by atoms with Crippen molar-refractivity contribution in [2.75, 3.05) is 39.8 Å². The quantitative estimate of drug-likeness (QED) is 0.745. The first-order valence-electron chi connectivity index (χ1n) is 8.79. The number of amides is 1. The Morgan fingerprint density at radius 1 is 1.24 bits per heavy atom. The Balaban J connectivity index is 1.25. The second-order valence-corrected chi connectivity index (χ2v) is 7.79. The van der Waals surface area contributed by atoms with Crippen LogP contribution in [0, 0.1) is 23.7 Å². The third-order valence-corrected chi connectivity index (χ3v) is 5.62. The Bertz CT molecular complexity index is 406. The van der Waals surface area contributed by atoms with Crippen molar-refractivity contribution >= 4 is 5.91 Å². The van der Waals surface area contributed by atoms with Crippen molar-refractivity contribution in [1.29, 1.82) is 0 Å². The van der Waals surface area contributed by atoms with Crippen molar-refractivity contribution in [3.63, 3.8) is 0 Å². The summed E-state index contributed by atoms with van der Waals surface area (Å²) < 4.78 is 5.88. The Morgan fingerprint density at radius 3 is 2.76 bits per heavy atom. The summed E-state index contributed by atoms with van der Waals surface area (Å²) in [6.07, 6.45) is 6.89. The van der Waals surface area contributed by atoms with E-state index in [1.165, 1.54) is 32.2 Å². The van der Waals surface area contributed by atoms with Gasteiger partial charge in [-0.25, -0.2) is 0 Å². The third-order valence-electron chi connectivity index (χ3n) is 5.62. The highest BCUT2D eigenvalue weighted by Gasteiger charge is 2.52. The normalized spacial score (nSPS) is 36.1. The number of rotatable bonds is 6. The summed E-state index contributed by atoms with van der Waals surface area (Å²) in [6, 6.07) is 0. The number of nitrogens with zero attached hydrogens (tertiary/aromatic N) is 2. The van der Waals surface area contributed by atoms with Crippen LogP contribution in [-0.4, -0.2) is 61.6 Å². The number of carbonyl (C=O) groups excluding carboxylic acids is 1. The van der Waals surface area contributed by atoms with Gasteiger partial charge < -0.3 is 14.5 Å². The molecule has 1 heterocycles. The van der Waals surface area contributed by atoms with Gasteiger partial charge in [-0.05, 0) is 56.9 Å². The molecular formula is C17H28N2O2. The molecule has 3 saturated carbocycles. The average molecular weight is 292 g/mol. The predicted octanol–water partition coefficient (Wildman–Crippen LogP) is 1.60. The molecule has 0 aromatic heterocycles. The van der Waals surface area contributed by atoms with E-state index in [4.69, 9.17) is 4.74 Å². The van der Waals surface area contributed by atoms with Crippen LogP contribution in [0.5, 0.6) is 0 Å². The highest BCUT2D eigenvalue weighted by Crippen LogP contribution is 2.54. The van der Waals surface area contributed by atoms with Crippen LogP contribution in [0.3, 0.4) is 0 Å². The molecule has 1 saturated heterocycles. The molecule has 0 radical (unpaired) electrons. The van der Waals surface area contributed by atoms with Gasteiger partial charge in [0.05, 0.1) is 12.7 Å². The number of hydrogen-bond donors (Lipinski definition) is 0. The van der Waals surface area contributed by atoms with Crippen LogP contribution in [-0.2, 0) is 9.53 Å². The molecule has 0 bridgehead atoms. The molecule has 0 unspecified atom stereocenters. The molecular weight excluding hydrogens is 264 g/mol. The van der Waals surface area contributed by atoms with Gasteiger partial charge in [-0.15, -0.1) is 0 Å². The molecule has 4 rings (SSSR count). The molecule has 4 nitrogen and oxygen atoms in total. The number of ether oxygens (including phenoxy) is 1. The van der Waals surface area contributed by atoms with Crippen molar-refractivity contribution in [3.05, 3.63) is 0 Å². The fourth-order valence-electron chi connectivity index (χ4n) is 3.97. The van der Waals surface area contributed by atoms with Crippen LogP contribution < -0.4 is 0 Å². The van der Waals surface area contributed by atoms with Crippen LogP contribution in [0.2, 0.25) is 0 Å². The van der Waals surface area contributed by atoms with Gasteiger partial charge in [0.25, 0.3) is 0 Å². The van der Waals surface area contributed by atoms with E-state index in [1.807, 2.05) is 0 Å². The van der Waals surface area contributed by atoms with Gasteiger partial charge in [0.2, 0.25) is 5.91 Å². The Labute approximate surface area is 127 Å². The molecule has 3 atom stereocenters. The molecule has 4 heteroatoms. The van der Waals surface area contributed by atoms with Crippen LogP contribution in [0.15, 0.2) is 0 Å². The molecule has 1 aliphatic heterocycles. The van der Waals surface area contributed by atoms with Gasteiger partial charge in [0.15, 0.2) is 0 Å². The van der Waals surface area contributed by atoms with Gasteiger partial charge in [-0.1, -0.05) is 0 Å². The fourth-order valence-corrected chi connectivity index (χ4v) is 3.97. The molecule has 118 valence electrons. The molecule has 0 N–H and O–H groups in total. The molecule has 4 aliphatic rings. The van der Waals surface area contributed by atoms with Gasteiger partial charge in [0, 0.05) is 32.1 Å². The summed E-state index contributed by atoms with van der Waals surface area (Å²) in [5.41, 5.74) is 0. The summed E-state index contributed by atoms with van der Waals surface area (Å²) >= 11 is 0. The summed E-state index contributed by atoms with van der Waals surface area (Å²) in [5, 5.41) is 0. The summed E-state index contributed by atoms with van der Waals surface area (Å²) in [5.74, 6) is 3.32. The van der Waals surface area contributed by atoms with E-state index in [1.54, 1.807) is 0 Å². The lowest BCUT2D eigenvalue weighted by atomic mass is 10.2. The van der Waals surface area contributed by atoms with E-state index in [0.717, 1.165) is 43.8 Å². The smallest absolute Gasteiger partial charge is 0.226 e. The first-order valence-corrected chi connectivity index (χ1v) is 8.79. The van der Waals surface area contributed by atoms with E-state index in [-0.39, 0.29) is 6.10 Å². The van der Waals surface area contributed by atoms with Crippen LogP contribution in [0.4, 0.5) is 0 Å². The van der Waals surface area contributed by atoms with Crippen molar-refractivity contribution in [2.24, 2.45) is 23.7 Å². The Morgan fingerprint density at radius 2 is 2.05 bits per heavy atom. The second kappa shape index (κ2) is 5.54. The minimum Gasteiger partial charge on any atom is -0.373 e. The monoisotopic (exact) mass is 292 g/mol. The summed E-state index contributed by atoms with van der Waals surface area (Å²) in [7, 11) is 2.19. The maximum Gasteiger partial charge on any atom is 0.226 e. The Hall–Kier alpha value is -0.610. The lowest BCUT2D eigenvalue weighted by molar-refractivity contribution is -0.141. The van der Waals surface area contributed by atoms with Crippen molar-refractivity contribution < 1.29 is 9.53 Å². The van der Waals surface area contributed by atoms with E-state index >= 15 is 0 Å². The maximum atomic E-state index is 12.6. The van der Waals surface area contributed by atoms with Crippen molar-refractivity contribution in [1.82, 2.24) is 9.80 Å². The SMILES string of the molecule is CN(CC1CC1)C[C@@H]1CN(C(=O)[C@@H]2C[C@@H]2C2CC2)CCO1. The molecule has 0 aromatic carbocycles. The number of hydrogen-bond acceptors (Lipinski definition) is 3. The third kappa shape index (κ3) is 3.42. The average Bonchev–Trinajstić information content (AvgIpc) is 3.32. The number of carbonyl (C=O) groups is 1. The Kier molecular flexibility index (Phi) is 3.70. The van der Waals surface area contributed by atoms with Gasteiger partial charge in [-0.3, -0.25) is 4.79 Å². The van der Waals surface area contributed by atoms with E-state index in [2.05, 4.69) is 16.8 Å². The number of morpholine rings is 1. The minimum atomic E-state index is 0.213. The first-order chi connectivity index (χ1) is 10.2. The van der Waals surface area contributed by atoms with Gasteiger partial charge in [0.1, 0.15) is 0 Å². The maximum absolute atomic E-state index is 12.6. The lowest BCUT2D eigenvalue weighted by Crippen LogP contribution is -2.50. The van der Waals surface area contributed by atoms with Gasteiger partial charge in [-0.2, -0.15) is 0 Å². The largest absolute Gasteiger partial charge is 0.373 e. The molecule has 1 amide bonds. The van der Waals surface area contributed by atoms with E-state index in [0.29, 0.717) is 18.4 Å². The molecule has 3 aliphatic carbocycles. The number of likely N-dealkylation sites (N-methyl/N-ethyl adjacent to an activating group) is 1. The summed E-state index contributed by atoms with van der Waals surface area (Å²) in [4.78, 5) is 17.1. The van der Waals surface area contributed by atoms with Crippen LogP contribution in [0.25, 0.3) is 0 Å². The van der Waals surface area contributed by atoms with Crippen molar-refractivity contribution in [3.8, 4) is 0 Å². The zero-order valence-electron chi connectivity index (χ0n) is 13.2. The van der Waals surface area contributed by atoms with Crippen LogP contribution in [0.1, 0.15) is 32.1 Å². The van der Waals surface area contributed by atoms with Crippen molar-refractivity contribution in [2.45, 2.75) is 38.2 Å². The minimum absolute atomic E-state index is 0.213. The van der Waals surface area contributed by atoms with Gasteiger partial charge >= 0.3 is 0 Å². The summed E-state index contributed by atoms with van der Waals surface area (Å²) in [6.45, 7) is 4.49. The van der Waals surface area contributed by atoms with E-state index < -0.39 is 0 Å². The van der Waals surface area contributed by atoms with Crippen LogP contribution >= 0.6 is 0 Å². The first kappa shape index (κ1) is 14.0. The molecule has 0 aromatic rings. The molecule has 0 spiro atoms. The molecule has 21 heavy (non-hydrogen) atoms. The predicted molar refractivity (Wildman–Crippen MR) is 80.9 cm³/mol. The zero-order chi connectivity index (χ0) is 14.4. The highest BCUT2D eigenvalue weighted by atomic mass is 16.5. The van der Waals surface area contributed by atoms with E-state index in [9.17, 15) is 4.79 Å². The molecule has 4 fully saturated rings. The topological polar surface area (TPSA) is 32.8 Å². The highest BCUT2D eigenvalue weighted by molar-refractivity contribution is 5.82. The lowest BCUT2D eigenvalue weighted by Gasteiger charge is -2.35. The fraction of sp³-hybridized carbons (Fsp3) is 0.941. The second-order valence-electron chi connectivity index (χ2n) is 7.79.